The number of fused-ring (bicyclic) bond motifs is 1. The number of ketones is 1. The van der Waals surface area contributed by atoms with Crippen molar-refractivity contribution in [1.29, 1.82) is 0 Å². The van der Waals surface area contributed by atoms with Crippen LogP contribution in [0.3, 0.4) is 0 Å². The molecule has 0 fully saturated rings. The molecule has 154 valence electrons. The van der Waals surface area contributed by atoms with E-state index < -0.39 is 16.0 Å². The number of nitrogens with one attached hydrogen (secondary N) is 1. The molecule has 2 aromatic carbocycles. The van der Waals surface area contributed by atoms with Gasteiger partial charge in [-0.2, -0.15) is 0 Å². The lowest BCUT2D eigenvalue weighted by Crippen LogP contribution is -2.30. The van der Waals surface area contributed by atoms with Gasteiger partial charge in [0.05, 0.1) is 17.5 Å². The third-order valence-electron chi connectivity index (χ3n) is 4.64. The first-order valence-electron chi connectivity index (χ1n) is 9.04. The molecule has 3 rings (SSSR count). The second-order valence-corrected chi connectivity index (χ2v) is 8.94. The first-order chi connectivity index (χ1) is 13.7. The lowest BCUT2D eigenvalue weighted by atomic mass is 9.97. The number of hydrogen-bond acceptors (Lipinski definition) is 5. The molecule has 2 N–H and O–H groups in total. The first-order valence-corrected chi connectivity index (χ1v) is 10.9. The van der Waals surface area contributed by atoms with Crippen LogP contribution in [0.25, 0.3) is 0 Å². The van der Waals surface area contributed by atoms with Crippen molar-refractivity contribution in [1.82, 2.24) is 4.72 Å². The minimum absolute atomic E-state index is 0.0287. The molecule has 1 heterocycles. The Morgan fingerprint density at radius 3 is 2.59 bits per heavy atom. The van der Waals surface area contributed by atoms with E-state index in [-0.39, 0.29) is 29.7 Å². The Balaban J connectivity index is 1.62. The average Bonchev–Trinajstić information content (AvgIpc) is 2.70. The molecule has 1 unspecified atom stereocenters. The van der Waals surface area contributed by atoms with E-state index in [0.29, 0.717) is 35.6 Å². The molecule has 1 aliphatic rings. The summed E-state index contributed by atoms with van der Waals surface area (Å²) in [5.74, 6) is -0.593. The summed E-state index contributed by atoms with van der Waals surface area (Å²) in [5, 5.41) is 9.20. The molecule has 0 aliphatic carbocycles. The lowest BCUT2D eigenvalue weighted by Gasteiger charge is -2.26. The molecule has 2 aromatic rings. The van der Waals surface area contributed by atoms with Crippen molar-refractivity contribution >= 4 is 33.4 Å². The van der Waals surface area contributed by atoms with Crippen molar-refractivity contribution in [3.05, 3.63) is 58.6 Å². The number of halogens is 1. The zero-order valence-electron chi connectivity index (χ0n) is 15.4. The first kappa shape index (κ1) is 21.3. The Morgan fingerprint density at radius 1 is 1.17 bits per heavy atom. The molecule has 0 aromatic heterocycles. The topological polar surface area (TPSA) is 110 Å². The molecule has 0 saturated carbocycles. The lowest BCUT2D eigenvalue weighted by molar-refractivity contribution is -0.137. The molecule has 29 heavy (non-hydrogen) atoms. The zero-order valence-corrected chi connectivity index (χ0v) is 17.0. The summed E-state index contributed by atoms with van der Waals surface area (Å²) in [6, 6.07) is 10.6. The fraction of sp³-hybridized carbons (Fsp3) is 0.300. The Bertz CT molecular complexity index is 1020. The van der Waals surface area contributed by atoms with Crippen molar-refractivity contribution in [2.45, 2.75) is 36.7 Å². The number of carboxylic acid groups (broad SMARTS) is 1. The molecule has 0 amide bonds. The van der Waals surface area contributed by atoms with E-state index in [1.807, 2.05) is 0 Å². The summed E-state index contributed by atoms with van der Waals surface area (Å²) in [5.41, 5.74) is 1.23. The summed E-state index contributed by atoms with van der Waals surface area (Å²) < 4.78 is 32.7. The van der Waals surface area contributed by atoms with Crippen LogP contribution >= 0.6 is 11.6 Å². The van der Waals surface area contributed by atoms with E-state index in [1.165, 1.54) is 24.3 Å². The van der Waals surface area contributed by atoms with Gasteiger partial charge in [0, 0.05) is 17.0 Å². The number of carbonyl (C=O) groups is 2. The van der Waals surface area contributed by atoms with Gasteiger partial charge in [0.15, 0.2) is 5.78 Å². The normalized spacial score (nSPS) is 16.0. The van der Waals surface area contributed by atoms with Crippen molar-refractivity contribution < 1.29 is 27.9 Å². The number of Topliss-reactive ketones (excluding diaryl/α,β-unsaturated/α-hetero) is 1. The molecule has 1 atom stereocenters. The molecule has 0 spiro atoms. The number of aliphatic carboxylic acids is 1. The van der Waals surface area contributed by atoms with Gasteiger partial charge >= 0.3 is 5.97 Å². The molecule has 0 bridgehead atoms. The summed E-state index contributed by atoms with van der Waals surface area (Å²) in [6.07, 6.45) is 1.65. The van der Waals surface area contributed by atoms with Crippen LogP contribution in [0.1, 0.15) is 35.2 Å². The van der Waals surface area contributed by atoms with Gasteiger partial charge < -0.3 is 9.84 Å². The van der Waals surface area contributed by atoms with Crippen molar-refractivity contribution in [3.63, 3.8) is 0 Å². The van der Waals surface area contributed by atoms with Crippen LogP contribution in [-0.4, -0.2) is 37.9 Å². The van der Waals surface area contributed by atoms with E-state index >= 15 is 0 Å². The minimum Gasteiger partial charge on any atom is -0.490 e. The zero-order chi connectivity index (χ0) is 21.0. The van der Waals surface area contributed by atoms with Gasteiger partial charge in [-0.15, -0.1) is 0 Å². The van der Waals surface area contributed by atoms with Gasteiger partial charge in [-0.25, -0.2) is 13.1 Å². The maximum Gasteiger partial charge on any atom is 0.303 e. The van der Waals surface area contributed by atoms with Crippen LogP contribution in [0.5, 0.6) is 5.75 Å². The third kappa shape index (κ3) is 5.56. The van der Waals surface area contributed by atoms with Crippen LogP contribution in [-0.2, 0) is 21.2 Å². The number of rotatable bonds is 8. The number of aryl methyl sites for hydroxylation is 1. The molecular formula is C20H20ClNO6S. The molecule has 9 heteroatoms. The van der Waals surface area contributed by atoms with Gasteiger partial charge in [0.25, 0.3) is 0 Å². The predicted molar refractivity (Wildman–Crippen MR) is 107 cm³/mol. The highest BCUT2D eigenvalue weighted by Gasteiger charge is 2.22. The van der Waals surface area contributed by atoms with Crippen LogP contribution in [0.2, 0.25) is 5.02 Å². The second kappa shape index (κ2) is 8.94. The highest BCUT2D eigenvalue weighted by molar-refractivity contribution is 7.89. The predicted octanol–water partition coefficient (Wildman–Crippen LogP) is 3.06. The number of carbonyl (C=O) groups excluding carboxylic acids is 1. The Morgan fingerprint density at radius 2 is 1.90 bits per heavy atom. The van der Waals surface area contributed by atoms with Crippen LogP contribution in [0.15, 0.2) is 47.4 Å². The number of hydrogen-bond donors (Lipinski definition) is 2. The van der Waals surface area contributed by atoms with Gasteiger partial charge in [0.2, 0.25) is 10.0 Å². The summed E-state index contributed by atoms with van der Waals surface area (Å²) in [4.78, 5) is 23.2. The molecule has 7 nitrogen and oxygen atoms in total. The van der Waals surface area contributed by atoms with E-state index in [4.69, 9.17) is 21.4 Å². The molecular weight excluding hydrogens is 418 g/mol. The second-order valence-electron chi connectivity index (χ2n) is 6.74. The average molecular weight is 438 g/mol. The number of ether oxygens (including phenoxy) is 1. The quantitative estimate of drug-likeness (QED) is 0.614. The number of benzene rings is 2. The maximum absolute atomic E-state index is 12.5. The number of carboxylic acids is 1. The summed E-state index contributed by atoms with van der Waals surface area (Å²) in [6.45, 7) is -0.369. The Labute approximate surface area is 173 Å². The standard InChI is InChI=1S/C20H20ClNO6S/c21-15-3-7-17(8-4-15)29(26,27)22-12-18(23)13-2-9-19-14(11-13)1-5-16(28-19)6-10-20(24)25/h2-4,7-9,11,16,22H,1,5-6,10,12H2,(H,24,25). The fourth-order valence-electron chi connectivity index (χ4n) is 3.07. The highest BCUT2D eigenvalue weighted by Crippen LogP contribution is 2.30. The van der Waals surface area contributed by atoms with E-state index in [9.17, 15) is 18.0 Å². The van der Waals surface area contributed by atoms with E-state index in [1.54, 1.807) is 18.2 Å². The SMILES string of the molecule is O=C(O)CCC1CCc2cc(C(=O)CNS(=O)(=O)c3ccc(Cl)cc3)ccc2O1. The highest BCUT2D eigenvalue weighted by atomic mass is 35.5. The van der Waals surface area contributed by atoms with Crippen molar-refractivity contribution in [2.24, 2.45) is 0 Å². The Hall–Kier alpha value is -2.42. The summed E-state index contributed by atoms with van der Waals surface area (Å²) in [7, 11) is -3.82. The van der Waals surface area contributed by atoms with E-state index in [2.05, 4.69) is 4.72 Å². The van der Waals surface area contributed by atoms with Gasteiger partial charge in [-0.05, 0) is 67.3 Å². The molecule has 0 radical (unpaired) electrons. The minimum atomic E-state index is -3.82. The van der Waals surface area contributed by atoms with Crippen LogP contribution < -0.4 is 9.46 Å². The third-order valence-corrected chi connectivity index (χ3v) is 6.31. The largest absolute Gasteiger partial charge is 0.490 e. The smallest absolute Gasteiger partial charge is 0.303 e. The van der Waals surface area contributed by atoms with Crippen molar-refractivity contribution in [2.75, 3.05) is 6.54 Å². The van der Waals surface area contributed by atoms with Crippen LogP contribution in [0, 0.1) is 0 Å². The van der Waals surface area contributed by atoms with Crippen LogP contribution in [0.4, 0.5) is 0 Å². The Kier molecular flexibility index (Phi) is 6.56. The van der Waals surface area contributed by atoms with Gasteiger partial charge in [-0.3, -0.25) is 9.59 Å². The maximum atomic E-state index is 12.5. The number of sulfonamides is 1. The monoisotopic (exact) mass is 437 g/mol. The fourth-order valence-corrected chi connectivity index (χ4v) is 4.17. The van der Waals surface area contributed by atoms with Crippen molar-refractivity contribution in [3.8, 4) is 5.75 Å². The van der Waals surface area contributed by atoms with Gasteiger partial charge in [-0.1, -0.05) is 11.6 Å². The summed E-state index contributed by atoms with van der Waals surface area (Å²) >= 11 is 5.76. The van der Waals surface area contributed by atoms with E-state index in [0.717, 1.165) is 5.56 Å². The molecule has 1 aliphatic heterocycles. The molecule has 0 saturated heterocycles. The van der Waals surface area contributed by atoms with Gasteiger partial charge in [0.1, 0.15) is 5.75 Å².